The van der Waals surface area contributed by atoms with Crippen molar-refractivity contribution in [3.8, 4) is 11.5 Å². The smallest absolute Gasteiger partial charge is 0.136 e. The first-order valence-electron chi connectivity index (χ1n) is 6.20. The topological polar surface area (TPSA) is 72.0 Å². The summed E-state index contributed by atoms with van der Waals surface area (Å²) in [4.78, 5) is 4.30. The van der Waals surface area contributed by atoms with Gasteiger partial charge in [0.15, 0.2) is 0 Å². The van der Waals surface area contributed by atoms with Crippen LogP contribution in [0.4, 0.5) is 0 Å². The van der Waals surface area contributed by atoms with E-state index in [0.29, 0.717) is 11.3 Å². The van der Waals surface area contributed by atoms with Crippen LogP contribution in [0, 0.1) is 5.41 Å². The Balaban J connectivity index is 1.95. The van der Waals surface area contributed by atoms with E-state index in [0.717, 1.165) is 16.7 Å². The fraction of sp³-hybridized carbons (Fsp3) is 0. The van der Waals surface area contributed by atoms with E-state index < -0.39 is 0 Å². The second kappa shape index (κ2) is 5.01. The van der Waals surface area contributed by atoms with Gasteiger partial charge < -0.3 is 10.5 Å². The van der Waals surface area contributed by atoms with Gasteiger partial charge in [0.2, 0.25) is 0 Å². The molecule has 0 aliphatic carbocycles. The lowest BCUT2D eigenvalue weighted by Crippen LogP contribution is -2.10. The highest BCUT2D eigenvalue weighted by Crippen LogP contribution is 2.28. The van der Waals surface area contributed by atoms with Crippen LogP contribution in [0.5, 0.6) is 11.5 Å². The molecule has 2 aromatic carbocycles. The predicted molar refractivity (Wildman–Crippen MR) is 79.3 cm³/mol. The highest BCUT2D eigenvalue weighted by molar-refractivity contribution is 5.95. The van der Waals surface area contributed by atoms with E-state index in [4.69, 9.17) is 15.9 Å². The molecule has 20 heavy (non-hydrogen) atoms. The number of pyridine rings is 1. The van der Waals surface area contributed by atoms with Crippen LogP contribution in [0.25, 0.3) is 10.9 Å². The van der Waals surface area contributed by atoms with Crippen molar-refractivity contribution in [3.05, 3.63) is 66.4 Å². The zero-order valence-electron chi connectivity index (χ0n) is 10.7. The van der Waals surface area contributed by atoms with Gasteiger partial charge in [-0.1, -0.05) is 6.07 Å². The Morgan fingerprint density at radius 3 is 2.55 bits per heavy atom. The molecule has 0 aliphatic heterocycles. The summed E-state index contributed by atoms with van der Waals surface area (Å²) >= 11 is 0. The Morgan fingerprint density at radius 1 is 1.00 bits per heavy atom. The van der Waals surface area contributed by atoms with Crippen molar-refractivity contribution in [2.45, 2.75) is 0 Å². The highest BCUT2D eigenvalue weighted by Gasteiger charge is 2.04. The SMILES string of the molecule is N=C(N)c1ccc(Oc2cccc3ncccc23)cc1. The van der Waals surface area contributed by atoms with Gasteiger partial charge >= 0.3 is 0 Å². The number of nitrogens with two attached hydrogens (primary N) is 1. The molecule has 0 unspecified atom stereocenters. The Morgan fingerprint density at radius 2 is 1.80 bits per heavy atom. The molecule has 0 aliphatic rings. The molecule has 3 N–H and O–H groups in total. The molecule has 0 saturated heterocycles. The van der Waals surface area contributed by atoms with Gasteiger partial charge in [-0.2, -0.15) is 0 Å². The monoisotopic (exact) mass is 263 g/mol. The number of rotatable bonds is 3. The van der Waals surface area contributed by atoms with E-state index >= 15 is 0 Å². The Bertz CT molecular complexity index is 761. The molecule has 1 aromatic heterocycles. The lowest BCUT2D eigenvalue weighted by molar-refractivity contribution is 0.488. The summed E-state index contributed by atoms with van der Waals surface area (Å²) in [5.74, 6) is 1.50. The van der Waals surface area contributed by atoms with Crippen molar-refractivity contribution in [1.29, 1.82) is 5.41 Å². The first kappa shape index (κ1) is 12.2. The summed E-state index contributed by atoms with van der Waals surface area (Å²) in [7, 11) is 0. The molecule has 1 heterocycles. The van der Waals surface area contributed by atoms with Crippen molar-refractivity contribution >= 4 is 16.7 Å². The molecule has 4 nitrogen and oxygen atoms in total. The van der Waals surface area contributed by atoms with Crippen molar-refractivity contribution in [2.75, 3.05) is 0 Å². The summed E-state index contributed by atoms with van der Waals surface area (Å²) < 4.78 is 5.88. The second-order valence-electron chi connectivity index (χ2n) is 4.37. The van der Waals surface area contributed by atoms with Crippen molar-refractivity contribution in [2.24, 2.45) is 5.73 Å². The van der Waals surface area contributed by atoms with Gasteiger partial charge in [-0.3, -0.25) is 10.4 Å². The molecule has 0 saturated carbocycles. The van der Waals surface area contributed by atoms with Crippen LogP contribution in [0.3, 0.4) is 0 Å². The fourth-order valence-electron chi connectivity index (χ4n) is 1.99. The van der Waals surface area contributed by atoms with Crippen LogP contribution >= 0.6 is 0 Å². The van der Waals surface area contributed by atoms with Gasteiger partial charge in [0, 0.05) is 17.1 Å². The number of nitrogens with one attached hydrogen (secondary N) is 1. The molecule has 0 bridgehead atoms. The number of hydrogen-bond donors (Lipinski definition) is 2. The zero-order chi connectivity index (χ0) is 13.9. The fourth-order valence-corrected chi connectivity index (χ4v) is 1.99. The zero-order valence-corrected chi connectivity index (χ0v) is 10.7. The average Bonchev–Trinajstić information content (AvgIpc) is 2.48. The van der Waals surface area contributed by atoms with E-state index in [1.165, 1.54) is 0 Å². The normalized spacial score (nSPS) is 10.4. The van der Waals surface area contributed by atoms with Crippen LogP contribution in [0.15, 0.2) is 60.8 Å². The minimum Gasteiger partial charge on any atom is -0.457 e. The van der Waals surface area contributed by atoms with Crippen LogP contribution in [-0.2, 0) is 0 Å². The number of fused-ring (bicyclic) bond motifs is 1. The van der Waals surface area contributed by atoms with Crippen molar-refractivity contribution in [3.63, 3.8) is 0 Å². The van der Waals surface area contributed by atoms with Gasteiger partial charge in [0.25, 0.3) is 0 Å². The van der Waals surface area contributed by atoms with Gasteiger partial charge in [-0.05, 0) is 48.5 Å². The lowest BCUT2D eigenvalue weighted by atomic mass is 10.2. The summed E-state index contributed by atoms with van der Waals surface area (Å²) in [5, 5.41) is 8.33. The number of nitrogens with zero attached hydrogens (tertiary/aromatic N) is 1. The quantitative estimate of drug-likeness (QED) is 0.562. The number of hydrogen-bond acceptors (Lipinski definition) is 3. The number of nitrogen functional groups attached to an aromatic ring is 1. The summed E-state index contributed by atoms with van der Waals surface area (Å²) in [6, 6.07) is 16.7. The minimum atomic E-state index is 0.0471. The summed E-state index contributed by atoms with van der Waals surface area (Å²) in [6.07, 6.45) is 1.76. The summed E-state index contributed by atoms with van der Waals surface area (Å²) in [6.45, 7) is 0. The van der Waals surface area contributed by atoms with Crippen molar-refractivity contribution in [1.82, 2.24) is 4.98 Å². The number of amidine groups is 1. The standard InChI is InChI=1S/C16H13N3O/c17-16(18)11-6-8-12(9-7-11)20-15-5-1-4-14-13(15)3-2-10-19-14/h1-10H,(H3,17,18). The molecule has 4 heteroatoms. The van der Waals surface area contributed by atoms with E-state index in [1.54, 1.807) is 30.5 Å². The predicted octanol–water partition coefficient (Wildman–Crippen LogP) is 3.31. The average molecular weight is 263 g/mol. The Hall–Kier alpha value is -2.88. The first-order valence-corrected chi connectivity index (χ1v) is 6.20. The number of benzene rings is 2. The minimum absolute atomic E-state index is 0.0471. The molecule has 0 fully saturated rings. The van der Waals surface area contributed by atoms with E-state index in [1.807, 2.05) is 30.3 Å². The van der Waals surface area contributed by atoms with Crippen LogP contribution < -0.4 is 10.5 Å². The first-order chi connectivity index (χ1) is 9.74. The van der Waals surface area contributed by atoms with Gasteiger partial charge in [0.05, 0.1) is 5.52 Å². The van der Waals surface area contributed by atoms with E-state index in [-0.39, 0.29) is 5.84 Å². The maximum absolute atomic E-state index is 7.36. The molecule has 0 spiro atoms. The van der Waals surface area contributed by atoms with Gasteiger partial charge in [-0.15, -0.1) is 0 Å². The molecular formula is C16H13N3O. The van der Waals surface area contributed by atoms with Crippen LogP contribution in [0.1, 0.15) is 5.56 Å². The third kappa shape index (κ3) is 2.31. The van der Waals surface area contributed by atoms with Crippen molar-refractivity contribution < 1.29 is 4.74 Å². The molecule has 0 atom stereocenters. The van der Waals surface area contributed by atoms with E-state index in [9.17, 15) is 0 Å². The molecule has 98 valence electrons. The Kier molecular flexibility index (Phi) is 3.05. The maximum atomic E-state index is 7.36. The van der Waals surface area contributed by atoms with E-state index in [2.05, 4.69) is 4.98 Å². The molecule has 3 rings (SSSR count). The molecule has 3 aromatic rings. The Labute approximate surface area is 116 Å². The summed E-state index contributed by atoms with van der Waals surface area (Å²) in [5.41, 5.74) is 7.00. The second-order valence-corrected chi connectivity index (χ2v) is 4.37. The largest absolute Gasteiger partial charge is 0.457 e. The molecule has 0 amide bonds. The van der Waals surface area contributed by atoms with Crippen LogP contribution in [-0.4, -0.2) is 10.8 Å². The van der Waals surface area contributed by atoms with Gasteiger partial charge in [-0.25, -0.2) is 0 Å². The molecule has 0 radical (unpaired) electrons. The third-order valence-corrected chi connectivity index (χ3v) is 3.00. The highest BCUT2D eigenvalue weighted by atomic mass is 16.5. The third-order valence-electron chi connectivity index (χ3n) is 3.00. The lowest BCUT2D eigenvalue weighted by Gasteiger charge is -2.09. The number of aromatic nitrogens is 1. The molecular weight excluding hydrogens is 250 g/mol. The van der Waals surface area contributed by atoms with Crippen LogP contribution in [0.2, 0.25) is 0 Å². The van der Waals surface area contributed by atoms with Gasteiger partial charge in [0.1, 0.15) is 17.3 Å². The number of ether oxygens (including phenoxy) is 1. The maximum Gasteiger partial charge on any atom is 0.136 e.